The Balaban J connectivity index is 2.21. The fourth-order valence-electron chi connectivity index (χ4n) is 3.41. The van der Waals surface area contributed by atoms with Crippen molar-refractivity contribution >= 4 is 10.9 Å². The molecular weight excluding hydrogens is 318 g/mol. The van der Waals surface area contributed by atoms with E-state index in [0.717, 1.165) is 47.5 Å². The number of halogens is 2. The zero-order chi connectivity index (χ0) is 18.0. The second-order valence-electron chi connectivity index (χ2n) is 6.77. The zero-order valence-corrected chi connectivity index (χ0v) is 14.7. The zero-order valence-electron chi connectivity index (χ0n) is 14.7. The minimum atomic E-state index is -0.565. The van der Waals surface area contributed by atoms with E-state index >= 15 is 0 Å². The number of unbranched alkanes of at least 4 members (excludes halogenated alkanes) is 1. The number of aryl methyl sites for hydroxylation is 1. The van der Waals surface area contributed by atoms with Crippen molar-refractivity contribution in [3.63, 3.8) is 0 Å². The van der Waals surface area contributed by atoms with E-state index in [2.05, 4.69) is 31.0 Å². The van der Waals surface area contributed by atoms with Crippen LogP contribution in [0.1, 0.15) is 43.7 Å². The molecule has 3 rings (SSSR count). The van der Waals surface area contributed by atoms with Crippen LogP contribution in [-0.2, 0) is 6.42 Å². The lowest BCUT2D eigenvalue weighted by Gasteiger charge is -2.07. The van der Waals surface area contributed by atoms with E-state index in [0.29, 0.717) is 18.0 Å². The van der Waals surface area contributed by atoms with Crippen LogP contribution in [-0.4, -0.2) is 11.5 Å². The summed E-state index contributed by atoms with van der Waals surface area (Å²) in [7, 11) is 0. The third-order valence-corrected chi connectivity index (χ3v) is 4.68. The molecule has 0 atom stereocenters. The minimum absolute atomic E-state index is 0.352. The molecule has 1 aromatic heterocycles. The molecule has 1 heterocycles. The lowest BCUT2D eigenvalue weighted by molar-refractivity contribution is 0.585. The SMILES string of the molecule is CC(C)c1cccc2c(CCCCN)c(-c3ccc(F)cc3F)[nH]c12. The van der Waals surface area contributed by atoms with Gasteiger partial charge < -0.3 is 10.7 Å². The van der Waals surface area contributed by atoms with Crippen molar-refractivity contribution in [2.75, 3.05) is 6.54 Å². The van der Waals surface area contributed by atoms with Gasteiger partial charge in [0, 0.05) is 22.5 Å². The average Bonchev–Trinajstić information content (AvgIpc) is 2.93. The van der Waals surface area contributed by atoms with Crippen molar-refractivity contribution in [3.8, 4) is 11.3 Å². The van der Waals surface area contributed by atoms with Crippen molar-refractivity contribution in [1.82, 2.24) is 4.98 Å². The van der Waals surface area contributed by atoms with Crippen LogP contribution in [0.15, 0.2) is 36.4 Å². The number of aromatic amines is 1. The van der Waals surface area contributed by atoms with Crippen molar-refractivity contribution in [2.45, 2.75) is 39.0 Å². The van der Waals surface area contributed by atoms with Gasteiger partial charge in [-0.15, -0.1) is 0 Å². The van der Waals surface area contributed by atoms with Crippen molar-refractivity contribution in [1.29, 1.82) is 0 Å². The van der Waals surface area contributed by atoms with E-state index in [-0.39, 0.29) is 0 Å². The normalized spacial score (nSPS) is 11.6. The number of aromatic nitrogens is 1. The molecule has 0 amide bonds. The van der Waals surface area contributed by atoms with E-state index < -0.39 is 11.6 Å². The predicted molar refractivity (Wildman–Crippen MR) is 99.7 cm³/mol. The highest BCUT2D eigenvalue weighted by molar-refractivity contribution is 5.93. The molecule has 0 aliphatic carbocycles. The largest absolute Gasteiger partial charge is 0.354 e. The first kappa shape index (κ1) is 17.6. The highest BCUT2D eigenvalue weighted by Gasteiger charge is 2.18. The summed E-state index contributed by atoms with van der Waals surface area (Å²) in [5.74, 6) is -0.757. The van der Waals surface area contributed by atoms with Gasteiger partial charge in [0.2, 0.25) is 0 Å². The lowest BCUT2D eigenvalue weighted by atomic mass is 9.96. The molecule has 25 heavy (non-hydrogen) atoms. The Labute approximate surface area is 147 Å². The van der Waals surface area contributed by atoms with Gasteiger partial charge in [0.05, 0.1) is 5.69 Å². The molecule has 0 aliphatic heterocycles. The number of hydrogen-bond acceptors (Lipinski definition) is 1. The smallest absolute Gasteiger partial charge is 0.135 e. The first-order chi connectivity index (χ1) is 12.0. The third-order valence-electron chi connectivity index (χ3n) is 4.68. The van der Waals surface area contributed by atoms with Gasteiger partial charge in [0.1, 0.15) is 11.6 Å². The van der Waals surface area contributed by atoms with Gasteiger partial charge in [0.25, 0.3) is 0 Å². The van der Waals surface area contributed by atoms with Crippen molar-refractivity contribution in [2.24, 2.45) is 5.73 Å². The Bertz CT molecular complexity index is 881. The molecule has 3 aromatic rings. The second-order valence-corrected chi connectivity index (χ2v) is 6.77. The molecule has 132 valence electrons. The van der Waals surface area contributed by atoms with Gasteiger partial charge in [-0.25, -0.2) is 8.78 Å². The fraction of sp³-hybridized carbons (Fsp3) is 0.333. The highest BCUT2D eigenvalue weighted by Crippen LogP contribution is 2.36. The lowest BCUT2D eigenvalue weighted by Crippen LogP contribution is -1.99. The molecule has 0 saturated heterocycles. The summed E-state index contributed by atoms with van der Waals surface area (Å²) in [6, 6.07) is 9.96. The number of hydrogen-bond donors (Lipinski definition) is 2. The Morgan fingerprint density at radius 3 is 2.56 bits per heavy atom. The molecule has 2 nitrogen and oxygen atoms in total. The van der Waals surface area contributed by atoms with E-state index in [1.807, 2.05) is 6.07 Å². The summed E-state index contributed by atoms with van der Waals surface area (Å²) in [4.78, 5) is 3.42. The van der Waals surface area contributed by atoms with Crippen LogP contribution in [0.4, 0.5) is 8.78 Å². The molecule has 0 unspecified atom stereocenters. The monoisotopic (exact) mass is 342 g/mol. The molecule has 0 saturated carbocycles. The summed E-state index contributed by atoms with van der Waals surface area (Å²) in [5, 5.41) is 1.11. The molecule has 0 aliphatic rings. The molecule has 3 N–H and O–H groups in total. The van der Waals surface area contributed by atoms with Crippen LogP contribution in [0, 0.1) is 11.6 Å². The van der Waals surface area contributed by atoms with Crippen LogP contribution in [0.5, 0.6) is 0 Å². The summed E-state index contributed by atoms with van der Waals surface area (Å²) in [6.07, 6.45) is 2.66. The first-order valence-corrected chi connectivity index (χ1v) is 8.82. The standard InChI is InChI=1S/C21H24F2N2/c1-13(2)15-7-5-8-17-16(6-3-4-11-24)21(25-20(15)17)18-10-9-14(22)12-19(18)23/h5,7-10,12-13,25H,3-4,6,11,24H2,1-2H3. The number of nitrogens with two attached hydrogens (primary N) is 1. The fourth-order valence-corrected chi connectivity index (χ4v) is 3.41. The number of rotatable bonds is 6. The highest BCUT2D eigenvalue weighted by atomic mass is 19.1. The van der Waals surface area contributed by atoms with Gasteiger partial charge in [-0.3, -0.25) is 0 Å². The molecule has 0 bridgehead atoms. The van der Waals surface area contributed by atoms with Crippen LogP contribution in [0.3, 0.4) is 0 Å². The Morgan fingerprint density at radius 2 is 1.88 bits per heavy atom. The molecule has 0 spiro atoms. The van der Waals surface area contributed by atoms with E-state index in [1.165, 1.54) is 17.7 Å². The van der Waals surface area contributed by atoms with E-state index in [4.69, 9.17) is 5.73 Å². The Morgan fingerprint density at radius 1 is 1.08 bits per heavy atom. The number of nitrogens with one attached hydrogen (secondary N) is 1. The number of para-hydroxylation sites is 1. The number of benzene rings is 2. The van der Waals surface area contributed by atoms with Crippen molar-refractivity contribution in [3.05, 3.63) is 59.2 Å². The van der Waals surface area contributed by atoms with Crippen LogP contribution < -0.4 is 5.73 Å². The van der Waals surface area contributed by atoms with Crippen LogP contribution in [0.2, 0.25) is 0 Å². The van der Waals surface area contributed by atoms with Gasteiger partial charge in [0.15, 0.2) is 0 Å². The van der Waals surface area contributed by atoms with Gasteiger partial charge in [-0.2, -0.15) is 0 Å². The average molecular weight is 342 g/mol. The summed E-state index contributed by atoms with van der Waals surface area (Å²) in [6.45, 7) is 4.92. The summed E-state index contributed by atoms with van der Waals surface area (Å²) >= 11 is 0. The Kier molecular flexibility index (Phi) is 5.19. The summed E-state index contributed by atoms with van der Waals surface area (Å²) in [5.41, 5.74) is 10.1. The summed E-state index contributed by atoms with van der Waals surface area (Å²) < 4.78 is 27.7. The van der Waals surface area contributed by atoms with Crippen LogP contribution >= 0.6 is 0 Å². The molecule has 0 fully saturated rings. The van der Waals surface area contributed by atoms with Gasteiger partial charge >= 0.3 is 0 Å². The third kappa shape index (κ3) is 3.45. The first-order valence-electron chi connectivity index (χ1n) is 8.82. The topological polar surface area (TPSA) is 41.8 Å². The van der Waals surface area contributed by atoms with Crippen LogP contribution in [0.25, 0.3) is 22.2 Å². The maximum Gasteiger partial charge on any atom is 0.135 e. The van der Waals surface area contributed by atoms with Gasteiger partial charge in [-0.1, -0.05) is 32.0 Å². The molecule has 2 aromatic carbocycles. The van der Waals surface area contributed by atoms with Crippen molar-refractivity contribution < 1.29 is 8.78 Å². The Hall–Kier alpha value is -2.20. The van der Waals surface area contributed by atoms with E-state index in [1.54, 1.807) is 0 Å². The second kappa shape index (κ2) is 7.36. The van der Waals surface area contributed by atoms with Gasteiger partial charge in [-0.05, 0) is 55.0 Å². The quantitative estimate of drug-likeness (QED) is 0.569. The maximum absolute atomic E-state index is 14.4. The molecular formula is C21H24F2N2. The van der Waals surface area contributed by atoms with E-state index in [9.17, 15) is 8.78 Å². The number of fused-ring (bicyclic) bond motifs is 1. The minimum Gasteiger partial charge on any atom is -0.354 e. The number of H-pyrrole nitrogens is 1. The maximum atomic E-state index is 14.4. The predicted octanol–water partition coefficient (Wildman–Crippen LogP) is 5.52. The molecule has 4 heteroatoms. The molecule has 0 radical (unpaired) electrons.